The maximum atomic E-state index is 10.4. The van der Waals surface area contributed by atoms with E-state index in [-0.39, 0.29) is 0 Å². The molecule has 24 heavy (non-hydrogen) atoms. The van der Waals surface area contributed by atoms with E-state index in [1.165, 1.54) is 0 Å². The van der Waals surface area contributed by atoms with E-state index in [1.807, 2.05) is 57.4 Å². The average molecular weight is 327 g/mol. The number of nitrogens with zero attached hydrogens (tertiary/aromatic N) is 2. The minimum absolute atomic E-state index is 0.564. The predicted octanol–water partition coefficient (Wildman–Crippen LogP) is 3.47. The highest BCUT2D eigenvalue weighted by Gasteiger charge is 2.22. The van der Waals surface area contributed by atoms with Crippen LogP contribution in [0.15, 0.2) is 40.9 Å². The van der Waals surface area contributed by atoms with Crippen molar-refractivity contribution in [2.75, 3.05) is 6.54 Å². The first-order valence-electron chi connectivity index (χ1n) is 8.49. The van der Waals surface area contributed by atoms with Crippen LogP contribution in [-0.4, -0.2) is 27.0 Å². The van der Waals surface area contributed by atoms with Gasteiger partial charge in [0, 0.05) is 37.3 Å². The van der Waals surface area contributed by atoms with Crippen LogP contribution in [0.25, 0.3) is 22.4 Å². The summed E-state index contributed by atoms with van der Waals surface area (Å²) in [5, 5.41) is 19.4. The third kappa shape index (κ3) is 3.37. The smallest absolute Gasteiger partial charge is 0.156 e. The third-order valence-corrected chi connectivity index (χ3v) is 4.65. The number of aromatic nitrogens is 2. The van der Waals surface area contributed by atoms with Gasteiger partial charge < -0.3 is 14.8 Å². The molecule has 0 spiro atoms. The number of rotatable bonds is 7. The van der Waals surface area contributed by atoms with Crippen molar-refractivity contribution < 1.29 is 9.52 Å². The molecule has 0 aliphatic carbocycles. The number of aliphatic hydroxyl groups is 1. The zero-order valence-electron chi connectivity index (χ0n) is 14.5. The first-order chi connectivity index (χ1) is 11.5. The summed E-state index contributed by atoms with van der Waals surface area (Å²) in [7, 11) is 1.91. The summed E-state index contributed by atoms with van der Waals surface area (Å²) in [6.07, 6.45) is 3.46. The molecular formula is C19H25N3O2. The largest absolute Gasteiger partial charge is 0.454 e. The van der Waals surface area contributed by atoms with Gasteiger partial charge in [-0.1, -0.05) is 32.0 Å². The second-order valence-corrected chi connectivity index (χ2v) is 6.36. The van der Waals surface area contributed by atoms with Crippen molar-refractivity contribution in [3.05, 3.63) is 42.1 Å². The molecule has 5 nitrogen and oxygen atoms in total. The Kier molecular flexibility index (Phi) is 4.73. The highest BCUT2D eigenvalue weighted by Crippen LogP contribution is 2.29. The Hall–Kier alpha value is -2.11. The van der Waals surface area contributed by atoms with E-state index in [0.29, 0.717) is 13.1 Å². The van der Waals surface area contributed by atoms with Gasteiger partial charge in [-0.05, 0) is 25.0 Å². The van der Waals surface area contributed by atoms with Gasteiger partial charge >= 0.3 is 0 Å². The fraction of sp³-hybridized carbons (Fsp3) is 0.421. The van der Waals surface area contributed by atoms with Crippen LogP contribution in [0.1, 0.15) is 32.3 Å². The maximum Gasteiger partial charge on any atom is 0.156 e. The Morgan fingerprint density at radius 2 is 2.00 bits per heavy atom. The van der Waals surface area contributed by atoms with Gasteiger partial charge in [0.15, 0.2) is 5.76 Å². The molecule has 128 valence electrons. The highest BCUT2D eigenvalue weighted by molar-refractivity contribution is 5.82. The first-order valence-corrected chi connectivity index (χ1v) is 8.49. The molecule has 1 aromatic carbocycles. The SMILES string of the molecule is CCC(O)(CC)CNCc1cn(C)nc1-c1cc2ccccc2o1. The molecule has 0 radical (unpaired) electrons. The number of hydrogen-bond acceptors (Lipinski definition) is 4. The highest BCUT2D eigenvalue weighted by atomic mass is 16.3. The zero-order valence-corrected chi connectivity index (χ0v) is 14.5. The van der Waals surface area contributed by atoms with Crippen LogP contribution >= 0.6 is 0 Å². The monoisotopic (exact) mass is 327 g/mol. The van der Waals surface area contributed by atoms with Crippen LogP contribution in [0.5, 0.6) is 0 Å². The number of benzene rings is 1. The normalized spacial score (nSPS) is 12.2. The summed E-state index contributed by atoms with van der Waals surface area (Å²) < 4.78 is 7.74. The molecule has 3 aromatic rings. The molecule has 0 saturated carbocycles. The van der Waals surface area contributed by atoms with Crippen LogP contribution in [0, 0.1) is 0 Å². The van der Waals surface area contributed by atoms with Crippen molar-refractivity contribution in [1.29, 1.82) is 0 Å². The molecule has 3 rings (SSSR count). The lowest BCUT2D eigenvalue weighted by atomic mass is 9.97. The van der Waals surface area contributed by atoms with Crippen molar-refractivity contribution in [2.45, 2.75) is 38.8 Å². The lowest BCUT2D eigenvalue weighted by molar-refractivity contribution is 0.0323. The molecule has 2 heterocycles. The third-order valence-electron chi connectivity index (χ3n) is 4.65. The van der Waals surface area contributed by atoms with Gasteiger partial charge in [0.2, 0.25) is 0 Å². The van der Waals surface area contributed by atoms with E-state index in [2.05, 4.69) is 10.4 Å². The Morgan fingerprint density at radius 3 is 2.71 bits per heavy atom. The van der Waals surface area contributed by atoms with Crippen LogP contribution in [0.4, 0.5) is 0 Å². The maximum absolute atomic E-state index is 10.4. The predicted molar refractivity (Wildman–Crippen MR) is 95.7 cm³/mol. The fourth-order valence-electron chi connectivity index (χ4n) is 2.90. The van der Waals surface area contributed by atoms with Crippen molar-refractivity contribution >= 4 is 11.0 Å². The van der Waals surface area contributed by atoms with E-state index < -0.39 is 5.60 Å². The van der Waals surface area contributed by atoms with E-state index in [4.69, 9.17) is 4.42 Å². The van der Waals surface area contributed by atoms with Gasteiger partial charge in [0.05, 0.1) is 5.60 Å². The molecule has 0 amide bonds. The van der Waals surface area contributed by atoms with Gasteiger partial charge in [-0.2, -0.15) is 5.10 Å². The standard InChI is InChI=1S/C19H25N3O2/c1-4-19(23,5-2)13-20-11-15-12-22(3)21-18(15)17-10-14-8-6-7-9-16(14)24-17/h6-10,12,20,23H,4-5,11,13H2,1-3H3. The van der Waals surface area contributed by atoms with Gasteiger partial charge in [-0.15, -0.1) is 0 Å². The van der Waals surface area contributed by atoms with Gasteiger partial charge in [-0.25, -0.2) is 0 Å². The number of nitrogens with one attached hydrogen (secondary N) is 1. The van der Waals surface area contributed by atoms with Crippen LogP contribution in [0.3, 0.4) is 0 Å². The Morgan fingerprint density at radius 1 is 1.25 bits per heavy atom. The van der Waals surface area contributed by atoms with Gasteiger partial charge in [0.25, 0.3) is 0 Å². The summed E-state index contributed by atoms with van der Waals surface area (Å²) in [4.78, 5) is 0. The van der Waals surface area contributed by atoms with Gasteiger partial charge in [-0.3, -0.25) is 4.68 Å². The van der Waals surface area contributed by atoms with E-state index in [1.54, 1.807) is 4.68 Å². The molecule has 0 aliphatic heterocycles. The second-order valence-electron chi connectivity index (χ2n) is 6.36. The molecule has 2 N–H and O–H groups in total. The van der Waals surface area contributed by atoms with Crippen LogP contribution in [0.2, 0.25) is 0 Å². The van der Waals surface area contributed by atoms with E-state index in [9.17, 15) is 5.11 Å². The summed E-state index contributed by atoms with van der Waals surface area (Å²) >= 11 is 0. The number of fused-ring (bicyclic) bond motifs is 1. The van der Waals surface area contributed by atoms with Crippen molar-refractivity contribution in [3.8, 4) is 11.5 Å². The lowest BCUT2D eigenvalue weighted by Crippen LogP contribution is -2.39. The summed E-state index contributed by atoms with van der Waals surface area (Å²) in [5.74, 6) is 0.773. The van der Waals surface area contributed by atoms with Crippen LogP contribution < -0.4 is 5.32 Å². The Bertz CT molecular complexity index is 782. The molecule has 2 aromatic heterocycles. The quantitative estimate of drug-likeness (QED) is 0.697. The minimum atomic E-state index is -0.651. The van der Waals surface area contributed by atoms with E-state index >= 15 is 0 Å². The van der Waals surface area contributed by atoms with Crippen molar-refractivity contribution in [1.82, 2.24) is 15.1 Å². The van der Waals surface area contributed by atoms with Crippen LogP contribution in [-0.2, 0) is 13.6 Å². The lowest BCUT2D eigenvalue weighted by Gasteiger charge is -2.25. The fourth-order valence-corrected chi connectivity index (χ4v) is 2.90. The molecule has 0 unspecified atom stereocenters. The second kappa shape index (κ2) is 6.79. The number of para-hydroxylation sites is 1. The van der Waals surface area contributed by atoms with Crippen molar-refractivity contribution in [3.63, 3.8) is 0 Å². The number of aryl methyl sites for hydroxylation is 1. The minimum Gasteiger partial charge on any atom is -0.454 e. The Balaban J connectivity index is 1.80. The first kappa shape index (κ1) is 16.7. The summed E-state index contributed by atoms with van der Waals surface area (Å²) in [6, 6.07) is 9.98. The molecule has 0 bridgehead atoms. The molecule has 0 aliphatic rings. The molecule has 0 saturated heterocycles. The van der Waals surface area contributed by atoms with E-state index in [0.717, 1.165) is 40.8 Å². The topological polar surface area (TPSA) is 63.2 Å². The number of hydrogen-bond donors (Lipinski definition) is 2. The molecule has 0 fully saturated rings. The zero-order chi connectivity index (χ0) is 17.2. The molecule has 0 atom stereocenters. The molecule has 5 heteroatoms. The molecular weight excluding hydrogens is 302 g/mol. The summed E-state index contributed by atoms with van der Waals surface area (Å²) in [6.45, 7) is 5.22. The van der Waals surface area contributed by atoms with Gasteiger partial charge in [0.1, 0.15) is 11.3 Å². The Labute approximate surface area is 142 Å². The average Bonchev–Trinajstić information content (AvgIpc) is 3.17. The van der Waals surface area contributed by atoms with Crippen molar-refractivity contribution in [2.24, 2.45) is 7.05 Å². The number of furan rings is 1. The summed E-state index contributed by atoms with van der Waals surface area (Å²) in [5.41, 5.74) is 2.12.